The summed E-state index contributed by atoms with van der Waals surface area (Å²) >= 11 is 1.73. The van der Waals surface area contributed by atoms with Gasteiger partial charge in [-0.05, 0) is 55.4 Å². The van der Waals surface area contributed by atoms with Crippen LogP contribution in [0.15, 0.2) is 59.8 Å². The van der Waals surface area contributed by atoms with Gasteiger partial charge in [-0.25, -0.2) is 4.98 Å². The van der Waals surface area contributed by atoms with E-state index in [0.717, 1.165) is 71.9 Å². The molecule has 1 saturated heterocycles. The standard InChI is InChI=1S/C25H28N6OS/c1-30-17-22(18-6-9-28-23(13-18)29-15-19-5-2-3-8-27-19)24-21(25(30)32)14-20(33-24)16-31-11-4-7-26-10-12-31/h2-3,5-6,8-9,13-14,17,26H,4,7,10-12,15-16H2,1H3,(H,28,29). The van der Waals surface area contributed by atoms with Gasteiger partial charge in [-0.15, -0.1) is 11.3 Å². The number of aromatic nitrogens is 3. The molecule has 4 aromatic rings. The molecule has 33 heavy (non-hydrogen) atoms. The van der Waals surface area contributed by atoms with Crippen LogP contribution in [-0.4, -0.2) is 45.6 Å². The summed E-state index contributed by atoms with van der Waals surface area (Å²) in [6, 6.07) is 12.0. The molecule has 0 radical (unpaired) electrons. The second-order valence-electron chi connectivity index (χ2n) is 8.40. The molecule has 0 bridgehead atoms. The molecule has 1 fully saturated rings. The maximum atomic E-state index is 12.9. The fraction of sp³-hybridized carbons (Fsp3) is 0.320. The lowest BCUT2D eigenvalue weighted by Crippen LogP contribution is -2.27. The first kappa shape index (κ1) is 21.8. The highest BCUT2D eigenvalue weighted by molar-refractivity contribution is 7.19. The first-order valence-electron chi connectivity index (χ1n) is 11.3. The van der Waals surface area contributed by atoms with E-state index in [4.69, 9.17) is 0 Å². The summed E-state index contributed by atoms with van der Waals surface area (Å²) in [6.45, 7) is 5.71. The number of pyridine rings is 3. The second-order valence-corrected chi connectivity index (χ2v) is 9.54. The third-order valence-corrected chi connectivity index (χ3v) is 7.11. The Morgan fingerprint density at radius 2 is 2.06 bits per heavy atom. The molecule has 170 valence electrons. The fourth-order valence-electron chi connectivity index (χ4n) is 4.24. The number of fused-ring (bicyclic) bond motifs is 1. The third-order valence-electron chi connectivity index (χ3n) is 5.96. The van der Waals surface area contributed by atoms with Crippen molar-refractivity contribution in [1.29, 1.82) is 0 Å². The molecule has 1 aliphatic heterocycles. The largest absolute Gasteiger partial charge is 0.364 e. The van der Waals surface area contributed by atoms with Gasteiger partial charge in [-0.1, -0.05) is 6.07 Å². The fourth-order valence-corrected chi connectivity index (χ4v) is 5.47. The molecule has 7 nitrogen and oxygen atoms in total. The summed E-state index contributed by atoms with van der Waals surface area (Å²) in [4.78, 5) is 25.5. The maximum absolute atomic E-state index is 12.9. The second kappa shape index (κ2) is 9.82. The molecule has 0 amide bonds. The first-order valence-corrected chi connectivity index (χ1v) is 12.1. The molecule has 5 heterocycles. The zero-order valence-electron chi connectivity index (χ0n) is 18.8. The van der Waals surface area contributed by atoms with Crippen molar-refractivity contribution in [2.24, 2.45) is 7.05 Å². The van der Waals surface area contributed by atoms with Crippen LogP contribution in [0.2, 0.25) is 0 Å². The van der Waals surface area contributed by atoms with E-state index in [-0.39, 0.29) is 5.56 Å². The van der Waals surface area contributed by atoms with Crippen molar-refractivity contribution in [3.05, 3.63) is 75.9 Å². The van der Waals surface area contributed by atoms with Gasteiger partial charge in [0.2, 0.25) is 0 Å². The third kappa shape index (κ3) is 4.98. The van der Waals surface area contributed by atoms with E-state index in [1.807, 2.05) is 49.8 Å². The molecule has 0 atom stereocenters. The van der Waals surface area contributed by atoms with Crippen LogP contribution in [0.1, 0.15) is 17.0 Å². The minimum atomic E-state index is 0.0522. The maximum Gasteiger partial charge on any atom is 0.259 e. The van der Waals surface area contributed by atoms with Crippen molar-refractivity contribution in [2.45, 2.75) is 19.5 Å². The monoisotopic (exact) mass is 460 g/mol. The van der Waals surface area contributed by atoms with Crippen LogP contribution in [0, 0.1) is 0 Å². The van der Waals surface area contributed by atoms with Gasteiger partial charge < -0.3 is 15.2 Å². The summed E-state index contributed by atoms with van der Waals surface area (Å²) < 4.78 is 2.73. The van der Waals surface area contributed by atoms with E-state index < -0.39 is 0 Å². The van der Waals surface area contributed by atoms with E-state index in [2.05, 4.69) is 31.6 Å². The molecule has 0 saturated carbocycles. The number of hydrogen-bond donors (Lipinski definition) is 2. The van der Waals surface area contributed by atoms with Crippen molar-refractivity contribution in [1.82, 2.24) is 24.8 Å². The zero-order valence-corrected chi connectivity index (χ0v) is 19.6. The average molecular weight is 461 g/mol. The number of anilines is 1. The number of nitrogens with one attached hydrogen (secondary N) is 2. The van der Waals surface area contributed by atoms with Crippen molar-refractivity contribution < 1.29 is 0 Å². The Balaban J connectivity index is 1.45. The molecule has 2 N–H and O–H groups in total. The average Bonchev–Trinajstić information content (AvgIpc) is 3.09. The predicted molar refractivity (Wildman–Crippen MR) is 135 cm³/mol. The van der Waals surface area contributed by atoms with Crippen LogP contribution in [0.25, 0.3) is 21.2 Å². The molecule has 0 aromatic carbocycles. The summed E-state index contributed by atoms with van der Waals surface area (Å²) in [5.41, 5.74) is 3.11. The summed E-state index contributed by atoms with van der Waals surface area (Å²) in [5.74, 6) is 0.786. The van der Waals surface area contributed by atoms with Crippen LogP contribution in [0.4, 0.5) is 5.82 Å². The lowest BCUT2D eigenvalue weighted by Gasteiger charge is -2.17. The Bertz CT molecular complexity index is 1290. The topological polar surface area (TPSA) is 75.1 Å². The molecule has 0 aliphatic carbocycles. The molecular weight excluding hydrogens is 432 g/mol. The van der Waals surface area contributed by atoms with Crippen molar-refractivity contribution in [3.63, 3.8) is 0 Å². The minimum absolute atomic E-state index is 0.0522. The van der Waals surface area contributed by atoms with E-state index >= 15 is 0 Å². The molecular formula is C25H28N6OS. The summed E-state index contributed by atoms with van der Waals surface area (Å²) in [7, 11) is 1.82. The lowest BCUT2D eigenvalue weighted by molar-refractivity contribution is 0.287. The SMILES string of the molecule is Cn1cc(-c2ccnc(NCc3ccccn3)c2)c2sc(CN3CCCNCC3)cc2c1=O. The number of nitrogens with zero attached hydrogens (tertiary/aromatic N) is 4. The smallest absolute Gasteiger partial charge is 0.259 e. The number of rotatable bonds is 6. The van der Waals surface area contributed by atoms with Crippen molar-refractivity contribution >= 4 is 27.2 Å². The van der Waals surface area contributed by atoms with Crippen LogP contribution >= 0.6 is 11.3 Å². The Morgan fingerprint density at radius 3 is 2.94 bits per heavy atom. The van der Waals surface area contributed by atoms with Crippen LogP contribution < -0.4 is 16.2 Å². The zero-order chi connectivity index (χ0) is 22.6. The van der Waals surface area contributed by atoms with Crippen molar-refractivity contribution in [3.8, 4) is 11.1 Å². The van der Waals surface area contributed by atoms with Crippen LogP contribution in [-0.2, 0) is 20.1 Å². The van der Waals surface area contributed by atoms with Gasteiger partial charge in [-0.3, -0.25) is 14.7 Å². The lowest BCUT2D eigenvalue weighted by atomic mass is 10.1. The van der Waals surface area contributed by atoms with Gasteiger partial charge in [0.15, 0.2) is 0 Å². The van der Waals surface area contributed by atoms with E-state index in [9.17, 15) is 4.79 Å². The van der Waals surface area contributed by atoms with E-state index in [1.165, 1.54) is 4.88 Å². The number of thiophene rings is 1. The molecule has 0 unspecified atom stereocenters. The van der Waals surface area contributed by atoms with Crippen LogP contribution in [0.5, 0.6) is 0 Å². The minimum Gasteiger partial charge on any atom is -0.364 e. The first-order chi connectivity index (χ1) is 16.2. The van der Waals surface area contributed by atoms with Gasteiger partial charge in [-0.2, -0.15) is 0 Å². The predicted octanol–water partition coefficient (Wildman–Crippen LogP) is 3.46. The Kier molecular flexibility index (Phi) is 6.48. The van der Waals surface area contributed by atoms with Crippen LogP contribution in [0.3, 0.4) is 0 Å². The van der Waals surface area contributed by atoms with E-state index in [1.54, 1.807) is 22.1 Å². The normalized spacial score (nSPS) is 14.9. The molecule has 5 rings (SSSR count). The number of hydrogen-bond acceptors (Lipinski definition) is 7. The van der Waals surface area contributed by atoms with Gasteiger partial charge in [0.1, 0.15) is 5.82 Å². The van der Waals surface area contributed by atoms with Crippen molar-refractivity contribution in [2.75, 3.05) is 31.5 Å². The van der Waals surface area contributed by atoms with Gasteiger partial charge in [0, 0.05) is 60.4 Å². The van der Waals surface area contributed by atoms with Gasteiger partial charge in [0.25, 0.3) is 5.56 Å². The molecule has 1 aliphatic rings. The Hall–Kier alpha value is -3.07. The number of aryl methyl sites for hydroxylation is 1. The molecule has 0 spiro atoms. The van der Waals surface area contributed by atoms with E-state index in [0.29, 0.717) is 6.54 Å². The van der Waals surface area contributed by atoms with Gasteiger partial charge in [0.05, 0.1) is 17.6 Å². The highest BCUT2D eigenvalue weighted by atomic mass is 32.1. The molecule has 8 heteroatoms. The highest BCUT2D eigenvalue weighted by Gasteiger charge is 2.16. The Morgan fingerprint density at radius 1 is 1.12 bits per heavy atom. The molecule has 4 aromatic heterocycles. The summed E-state index contributed by atoms with van der Waals surface area (Å²) in [5, 5.41) is 7.61. The highest BCUT2D eigenvalue weighted by Crippen LogP contribution is 2.34. The summed E-state index contributed by atoms with van der Waals surface area (Å²) in [6.07, 6.45) is 6.70. The Labute approximate surface area is 197 Å². The quantitative estimate of drug-likeness (QED) is 0.459. The van der Waals surface area contributed by atoms with Gasteiger partial charge >= 0.3 is 0 Å².